The molecule has 5 heteroatoms. The van der Waals surface area contributed by atoms with Crippen molar-refractivity contribution >= 4 is 0 Å². The van der Waals surface area contributed by atoms with Gasteiger partial charge in [0.1, 0.15) is 5.67 Å². The van der Waals surface area contributed by atoms with Crippen molar-refractivity contribution in [1.29, 1.82) is 0 Å². The van der Waals surface area contributed by atoms with Crippen LogP contribution in [-0.4, -0.2) is 40.2 Å². The minimum Gasteiger partial charge on any atom is -0.310 e. The van der Waals surface area contributed by atoms with Crippen LogP contribution in [0, 0.1) is 6.92 Å². The van der Waals surface area contributed by atoms with Crippen molar-refractivity contribution in [3.8, 4) is 0 Å². The summed E-state index contributed by atoms with van der Waals surface area (Å²) in [6.07, 6.45) is 2.40. The van der Waals surface area contributed by atoms with Crippen molar-refractivity contribution in [3.63, 3.8) is 0 Å². The second kappa shape index (κ2) is 3.97. The Morgan fingerprint density at radius 3 is 2.88 bits per heavy atom. The fourth-order valence-electron chi connectivity index (χ4n) is 2.08. The van der Waals surface area contributed by atoms with Crippen LogP contribution >= 0.6 is 0 Å². The predicted molar refractivity (Wildman–Crippen MR) is 59.3 cm³/mol. The first-order valence-corrected chi connectivity index (χ1v) is 5.42. The van der Waals surface area contributed by atoms with Gasteiger partial charge in [0.25, 0.3) is 0 Å². The Morgan fingerprint density at radius 1 is 1.62 bits per heavy atom. The third kappa shape index (κ3) is 2.47. The minimum absolute atomic E-state index is 0.318. The highest BCUT2D eigenvalue weighted by Crippen LogP contribution is 2.24. The lowest BCUT2D eigenvalue weighted by Gasteiger charge is -2.42. The lowest BCUT2D eigenvalue weighted by atomic mass is 9.98. The van der Waals surface area contributed by atoms with E-state index >= 15 is 0 Å². The summed E-state index contributed by atoms with van der Waals surface area (Å²) in [5.41, 5.74) is 0.537. The second-order valence-electron chi connectivity index (χ2n) is 4.71. The molecule has 2 rings (SSSR count). The molecule has 0 bridgehead atoms. The van der Waals surface area contributed by atoms with Crippen LogP contribution in [0.1, 0.15) is 18.2 Å². The van der Waals surface area contributed by atoms with Gasteiger partial charge in [-0.15, -0.1) is 0 Å². The van der Waals surface area contributed by atoms with Crippen LogP contribution in [0.2, 0.25) is 0 Å². The van der Waals surface area contributed by atoms with Gasteiger partial charge in [0.15, 0.2) is 0 Å². The summed E-state index contributed by atoms with van der Waals surface area (Å²) in [6.45, 7) is 5.30. The SMILES string of the molecule is Cc1[nH]c(=O)ncc1CCN1CC(C)(F)C1. The van der Waals surface area contributed by atoms with E-state index in [2.05, 4.69) is 14.9 Å². The Labute approximate surface area is 93.5 Å². The van der Waals surface area contributed by atoms with Crippen LogP contribution in [0.15, 0.2) is 11.0 Å². The number of hydrogen-bond donors (Lipinski definition) is 1. The monoisotopic (exact) mass is 225 g/mol. The molecule has 1 N–H and O–H groups in total. The normalized spacial score (nSPS) is 19.4. The highest BCUT2D eigenvalue weighted by molar-refractivity contribution is 5.14. The highest BCUT2D eigenvalue weighted by Gasteiger charge is 2.38. The largest absolute Gasteiger partial charge is 0.345 e. The molecular formula is C11H16FN3O. The summed E-state index contributed by atoms with van der Waals surface area (Å²) in [5.74, 6) is 0. The summed E-state index contributed by atoms with van der Waals surface area (Å²) < 4.78 is 13.2. The molecule has 0 aliphatic carbocycles. The van der Waals surface area contributed by atoms with Gasteiger partial charge in [-0.05, 0) is 25.8 Å². The summed E-state index contributed by atoms with van der Waals surface area (Å²) in [4.78, 5) is 19.3. The predicted octanol–water partition coefficient (Wildman–Crippen LogP) is 0.665. The van der Waals surface area contributed by atoms with Crippen molar-refractivity contribution in [1.82, 2.24) is 14.9 Å². The van der Waals surface area contributed by atoms with Crippen molar-refractivity contribution in [3.05, 3.63) is 27.9 Å². The van der Waals surface area contributed by atoms with E-state index in [1.165, 1.54) is 0 Å². The standard InChI is InChI=1S/C11H16FN3O/c1-8-9(5-13-10(16)14-8)3-4-15-6-11(2,12)7-15/h5H,3-4,6-7H2,1-2H3,(H,13,14,16). The van der Waals surface area contributed by atoms with Crippen LogP contribution in [-0.2, 0) is 6.42 Å². The van der Waals surface area contributed by atoms with Crippen molar-refractivity contribution < 1.29 is 4.39 Å². The van der Waals surface area contributed by atoms with E-state index in [1.54, 1.807) is 13.1 Å². The number of aryl methyl sites for hydroxylation is 1. The molecular weight excluding hydrogens is 209 g/mol. The number of halogens is 1. The van der Waals surface area contributed by atoms with Crippen LogP contribution in [0.5, 0.6) is 0 Å². The average molecular weight is 225 g/mol. The van der Waals surface area contributed by atoms with Gasteiger partial charge in [-0.1, -0.05) is 0 Å². The third-order valence-electron chi connectivity index (χ3n) is 2.92. The second-order valence-corrected chi connectivity index (χ2v) is 4.71. The molecule has 0 unspecified atom stereocenters. The van der Waals surface area contributed by atoms with Gasteiger partial charge < -0.3 is 4.98 Å². The smallest absolute Gasteiger partial charge is 0.310 e. The fraction of sp³-hybridized carbons (Fsp3) is 0.636. The highest BCUT2D eigenvalue weighted by atomic mass is 19.1. The van der Waals surface area contributed by atoms with Crippen LogP contribution in [0.3, 0.4) is 0 Å². The van der Waals surface area contributed by atoms with Gasteiger partial charge >= 0.3 is 5.69 Å². The van der Waals surface area contributed by atoms with E-state index in [-0.39, 0.29) is 5.69 Å². The number of aromatic nitrogens is 2. The van der Waals surface area contributed by atoms with Gasteiger partial charge in [0.05, 0.1) is 0 Å². The number of nitrogens with zero attached hydrogens (tertiary/aromatic N) is 2. The molecule has 0 saturated carbocycles. The van der Waals surface area contributed by atoms with Crippen molar-refractivity contribution in [2.75, 3.05) is 19.6 Å². The van der Waals surface area contributed by atoms with Gasteiger partial charge in [0, 0.05) is 31.5 Å². The quantitative estimate of drug-likeness (QED) is 0.822. The molecule has 1 saturated heterocycles. The zero-order valence-electron chi connectivity index (χ0n) is 9.59. The maximum atomic E-state index is 13.2. The third-order valence-corrected chi connectivity index (χ3v) is 2.92. The fourth-order valence-corrected chi connectivity index (χ4v) is 2.08. The van der Waals surface area contributed by atoms with Crippen LogP contribution in [0.4, 0.5) is 4.39 Å². The molecule has 0 atom stereocenters. The maximum Gasteiger partial charge on any atom is 0.345 e. The lowest BCUT2D eigenvalue weighted by Crippen LogP contribution is -2.57. The molecule has 1 aromatic rings. The van der Waals surface area contributed by atoms with E-state index in [1.807, 2.05) is 6.92 Å². The molecule has 1 fully saturated rings. The first-order chi connectivity index (χ1) is 7.46. The first kappa shape index (κ1) is 11.3. The van der Waals surface area contributed by atoms with Gasteiger partial charge in [-0.2, -0.15) is 0 Å². The molecule has 1 aromatic heterocycles. The molecule has 88 valence electrons. The Balaban J connectivity index is 1.89. The Morgan fingerprint density at radius 2 is 2.31 bits per heavy atom. The number of nitrogens with one attached hydrogen (secondary N) is 1. The Kier molecular flexibility index (Phi) is 2.80. The summed E-state index contributed by atoms with van der Waals surface area (Å²) >= 11 is 0. The molecule has 0 radical (unpaired) electrons. The molecule has 1 aliphatic rings. The number of alkyl halides is 1. The van der Waals surface area contributed by atoms with E-state index < -0.39 is 5.67 Å². The molecule has 1 aliphatic heterocycles. The van der Waals surface area contributed by atoms with Crippen LogP contribution in [0.25, 0.3) is 0 Å². The molecule has 4 nitrogen and oxygen atoms in total. The summed E-state index contributed by atoms with van der Waals surface area (Å²) in [6, 6.07) is 0. The topological polar surface area (TPSA) is 49.0 Å². The van der Waals surface area contributed by atoms with E-state index in [0.29, 0.717) is 13.1 Å². The Bertz CT molecular complexity index is 433. The maximum absolute atomic E-state index is 13.2. The average Bonchev–Trinajstić information content (AvgIpc) is 2.13. The van der Waals surface area contributed by atoms with E-state index in [4.69, 9.17) is 0 Å². The number of rotatable bonds is 3. The first-order valence-electron chi connectivity index (χ1n) is 5.42. The van der Waals surface area contributed by atoms with Crippen molar-refractivity contribution in [2.45, 2.75) is 25.9 Å². The molecule has 2 heterocycles. The van der Waals surface area contributed by atoms with Crippen LogP contribution < -0.4 is 5.69 Å². The van der Waals surface area contributed by atoms with Gasteiger partial charge in [-0.25, -0.2) is 14.2 Å². The number of aromatic amines is 1. The lowest BCUT2D eigenvalue weighted by molar-refractivity contribution is -0.0163. The number of hydrogen-bond acceptors (Lipinski definition) is 3. The summed E-state index contributed by atoms with van der Waals surface area (Å²) in [7, 11) is 0. The zero-order valence-corrected chi connectivity index (χ0v) is 9.59. The molecule has 0 amide bonds. The van der Waals surface area contributed by atoms with Gasteiger partial charge in [0.2, 0.25) is 0 Å². The van der Waals surface area contributed by atoms with Gasteiger partial charge in [-0.3, -0.25) is 4.90 Å². The molecule has 16 heavy (non-hydrogen) atoms. The minimum atomic E-state index is -1.02. The van der Waals surface area contributed by atoms with E-state index in [0.717, 1.165) is 24.2 Å². The van der Waals surface area contributed by atoms with Crippen molar-refractivity contribution in [2.24, 2.45) is 0 Å². The Hall–Kier alpha value is -1.23. The number of H-pyrrole nitrogens is 1. The zero-order chi connectivity index (χ0) is 11.8. The summed E-state index contributed by atoms with van der Waals surface area (Å²) in [5, 5.41) is 0. The van der Waals surface area contributed by atoms with E-state index in [9.17, 15) is 9.18 Å². The molecule has 0 aromatic carbocycles. The number of likely N-dealkylation sites (tertiary alicyclic amines) is 1. The molecule has 0 spiro atoms.